The summed E-state index contributed by atoms with van der Waals surface area (Å²) in [6.45, 7) is 1.80. The molecule has 1 unspecified atom stereocenters. The minimum Gasteiger partial charge on any atom is -0.364 e. The molecule has 190 valence electrons. The Morgan fingerprint density at radius 1 is 1.23 bits per heavy atom. The van der Waals surface area contributed by atoms with Crippen LogP contribution in [0.4, 0.5) is 24.7 Å². The van der Waals surface area contributed by atoms with Gasteiger partial charge in [0, 0.05) is 48.0 Å². The number of anilines is 2. The molecule has 1 aliphatic carbocycles. The van der Waals surface area contributed by atoms with E-state index >= 15 is 0 Å². The molecular weight excluding hydrogens is 481 g/mol. The number of carbonyl (C=O) groups is 1. The lowest BCUT2D eigenvalue weighted by Crippen LogP contribution is -2.34. The Bertz CT molecular complexity index is 1200. The molecule has 1 aliphatic heterocycles. The Kier molecular flexibility index (Phi) is 7.10. The van der Waals surface area contributed by atoms with E-state index in [-0.39, 0.29) is 35.9 Å². The maximum atomic E-state index is 13.4. The van der Waals surface area contributed by atoms with Gasteiger partial charge in [0.05, 0.1) is 21.4 Å². The predicted molar refractivity (Wildman–Crippen MR) is 127 cm³/mol. The number of benzene rings is 1. The second-order valence-electron chi connectivity index (χ2n) is 9.27. The van der Waals surface area contributed by atoms with Crippen LogP contribution in [0.5, 0.6) is 0 Å². The fourth-order valence-electron chi connectivity index (χ4n) is 4.33. The molecule has 3 atom stereocenters. The van der Waals surface area contributed by atoms with E-state index in [9.17, 15) is 22.2 Å². The van der Waals surface area contributed by atoms with Crippen LogP contribution < -0.4 is 10.2 Å². The van der Waals surface area contributed by atoms with E-state index < -0.39 is 34.0 Å². The maximum Gasteiger partial charge on any atom is 0.414 e. The largest absolute Gasteiger partial charge is 0.414 e. The Morgan fingerprint density at radius 3 is 2.60 bits per heavy atom. The number of nitrogens with one attached hydrogen (secondary N) is 2. The first-order chi connectivity index (χ1) is 16.4. The van der Waals surface area contributed by atoms with Crippen LogP contribution in [0.3, 0.4) is 0 Å². The fourth-order valence-corrected chi connectivity index (χ4v) is 5.02. The Morgan fingerprint density at radius 2 is 1.97 bits per heavy atom. The molecule has 35 heavy (non-hydrogen) atoms. The number of hydrogen-bond donors (Lipinski definition) is 2. The number of hydrogen-bond acceptors (Lipinski definition) is 6. The third-order valence-corrected chi connectivity index (χ3v) is 7.56. The molecule has 1 aromatic carbocycles. The van der Waals surface area contributed by atoms with Crippen LogP contribution in [0.25, 0.3) is 0 Å². The summed E-state index contributed by atoms with van der Waals surface area (Å²) in [7, 11) is -2.97. The molecule has 0 radical (unpaired) electrons. The minimum atomic E-state index is -4.47. The molecule has 0 bridgehead atoms. The summed E-state index contributed by atoms with van der Waals surface area (Å²) >= 11 is 0. The highest BCUT2D eigenvalue weighted by atomic mass is 32.2. The van der Waals surface area contributed by atoms with Crippen molar-refractivity contribution in [2.24, 2.45) is 0 Å². The van der Waals surface area contributed by atoms with Crippen molar-refractivity contribution in [3.63, 3.8) is 0 Å². The van der Waals surface area contributed by atoms with Crippen molar-refractivity contribution in [3.8, 4) is 0 Å². The highest BCUT2D eigenvalue weighted by Crippen LogP contribution is 2.37. The number of pyridine rings is 1. The zero-order valence-electron chi connectivity index (χ0n) is 19.6. The van der Waals surface area contributed by atoms with Crippen LogP contribution in [0.1, 0.15) is 54.6 Å². The average Bonchev–Trinajstić information content (AvgIpc) is 2.93. The number of rotatable bonds is 5. The molecule has 11 heteroatoms. The van der Waals surface area contributed by atoms with Gasteiger partial charge in [-0.05, 0) is 50.1 Å². The zero-order chi connectivity index (χ0) is 25.4. The van der Waals surface area contributed by atoms with Crippen LogP contribution in [0.15, 0.2) is 41.3 Å². The average molecular weight is 511 g/mol. The lowest BCUT2D eigenvalue weighted by molar-refractivity contribution is -0.228. The van der Waals surface area contributed by atoms with Crippen LogP contribution in [0, 0.1) is 4.78 Å². The van der Waals surface area contributed by atoms with Crippen LogP contribution in [-0.4, -0.2) is 52.8 Å². The first kappa shape index (κ1) is 25.4. The fraction of sp³-hybridized carbons (Fsp3) is 0.500. The van der Waals surface area contributed by atoms with Crippen molar-refractivity contribution >= 4 is 27.1 Å². The zero-order valence-corrected chi connectivity index (χ0v) is 20.4. The molecule has 1 amide bonds. The van der Waals surface area contributed by atoms with Gasteiger partial charge < -0.3 is 15.0 Å². The molecule has 1 saturated heterocycles. The number of nitrogens with zero attached hydrogens (tertiary/aromatic N) is 2. The van der Waals surface area contributed by atoms with Gasteiger partial charge in [-0.2, -0.15) is 13.2 Å². The van der Waals surface area contributed by atoms with E-state index in [4.69, 9.17) is 14.5 Å². The van der Waals surface area contributed by atoms with E-state index in [0.29, 0.717) is 11.5 Å². The van der Waals surface area contributed by atoms with E-state index in [2.05, 4.69) is 5.32 Å². The van der Waals surface area contributed by atoms with E-state index in [0.717, 1.165) is 25.0 Å². The standard InChI is InChI=1S/C24H29F3N4O3S/c1-15-14-31(12-11-21(34-15)24(25,26)27)22-19(9-10-20(30-22)16-5-3-6-16)23(32)29-17-7-4-8-18(13-17)35(2,28)33/h4,7-10,13,15-16,21,28H,3,5-6,11-12,14H2,1-2H3,(H,29,32)/t15-,21+,35?/m0/s1. The molecular formula is C24H29F3N4O3S. The van der Waals surface area contributed by atoms with Gasteiger partial charge in [0.15, 0.2) is 6.10 Å². The first-order valence-corrected chi connectivity index (χ1v) is 13.5. The Labute approximate surface area is 203 Å². The molecule has 2 aliphatic rings. The second kappa shape index (κ2) is 9.77. The van der Waals surface area contributed by atoms with E-state index in [1.165, 1.54) is 12.3 Å². The topological polar surface area (TPSA) is 95.4 Å². The number of alkyl halides is 3. The molecule has 2 aromatic rings. The summed E-state index contributed by atoms with van der Waals surface area (Å²) in [5.74, 6) is 0.129. The SMILES string of the molecule is C[C@H]1CN(c2nc(C3CCC3)ccc2C(=O)Nc2cccc(S(C)(=N)=O)c2)CC[C@H](C(F)(F)F)O1. The van der Waals surface area contributed by atoms with Crippen molar-refractivity contribution in [3.05, 3.63) is 47.7 Å². The highest BCUT2D eigenvalue weighted by molar-refractivity contribution is 7.91. The lowest BCUT2D eigenvalue weighted by Gasteiger charge is -2.29. The Balaban J connectivity index is 1.65. The van der Waals surface area contributed by atoms with Gasteiger partial charge >= 0.3 is 6.18 Å². The minimum absolute atomic E-state index is 0.0438. The van der Waals surface area contributed by atoms with Gasteiger partial charge in [-0.15, -0.1) is 0 Å². The van der Waals surface area contributed by atoms with Gasteiger partial charge in [0.2, 0.25) is 0 Å². The second-order valence-corrected chi connectivity index (χ2v) is 11.4. The molecule has 2 fully saturated rings. The van der Waals surface area contributed by atoms with Crippen LogP contribution in [0.2, 0.25) is 0 Å². The number of ether oxygens (including phenoxy) is 1. The van der Waals surface area contributed by atoms with Crippen LogP contribution >= 0.6 is 0 Å². The lowest BCUT2D eigenvalue weighted by atomic mass is 9.82. The maximum absolute atomic E-state index is 13.4. The van der Waals surface area contributed by atoms with Crippen molar-refractivity contribution in [1.82, 2.24) is 4.98 Å². The molecule has 1 aromatic heterocycles. The van der Waals surface area contributed by atoms with Gasteiger partial charge in [-0.1, -0.05) is 12.5 Å². The monoisotopic (exact) mass is 510 g/mol. The van der Waals surface area contributed by atoms with E-state index in [1.807, 2.05) is 0 Å². The summed E-state index contributed by atoms with van der Waals surface area (Å²) in [6.07, 6.45) is -2.93. The molecule has 7 nitrogen and oxygen atoms in total. The van der Waals surface area contributed by atoms with Crippen molar-refractivity contribution in [2.75, 3.05) is 29.6 Å². The predicted octanol–water partition coefficient (Wildman–Crippen LogP) is 5.18. The van der Waals surface area contributed by atoms with Gasteiger partial charge in [0.1, 0.15) is 5.82 Å². The number of carbonyl (C=O) groups excluding carboxylic acids is 1. The third-order valence-electron chi connectivity index (χ3n) is 6.41. The van der Waals surface area contributed by atoms with Crippen LogP contribution in [-0.2, 0) is 14.5 Å². The highest BCUT2D eigenvalue weighted by Gasteiger charge is 2.43. The number of amides is 1. The Hall–Kier alpha value is -2.66. The molecule has 4 rings (SSSR count). The third kappa shape index (κ3) is 5.95. The summed E-state index contributed by atoms with van der Waals surface area (Å²) in [5.41, 5.74) is 1.43. The normalized spacial score (nSPS) is 23.2. The first-order valence-electron chi connectivity index (χ1n) is 11.5. The smallest absolute Gasteiger partial charge is 0.364 e. The summed E-state index contributed by atoms with van der Waals surface area (Å²) in [5, 5.41) is 2.76. The van der Waals surface area contributed by atoms with Crippen molar-refractivity contribution in [1.29, 1.82) is 4.78 Å². The molecule has 0 spiro atoms. The van der Waals surface area contributed by atoms with Crippen molar-refractivity contribution < 1.29 is 26.9 Å². The summed E-state index contributed by atoms with van der Waals surface area (Å²) < 4.78 is 65.2. The van der Waals surface area contributed by atoms with Gasteiger partial charge in [-0.3, -0.25) is 4.79 Å². The van der Waals surface area contributed by atoms with Gasteiger partial charge in [0.25, 0.3) is 5.91 Å². The van der Waals surface area contributed by atoms with Gasteiger partial charge in [-0.25, -0.2) is 14.0 Å². The van der Waals surface area contributed by atoms with Crippen molar-refractivity contribution in [2.45, 2.75) is 61.8 Å². The quantitative estimate of drug-likeness (QED) is 0.578. The molecule has 1 saturated carbocycles. The molecule has 2 N–H and O–H groups in total. The summed E-state index contributed by atoms with van der Waals surface area (Å²) in [6, 6.07) is 9.74. The molecule has 2 heterocycles. The number of halogens is 3. The number of aromatic nitrogens is 1. The van der Waals surface area contributed by atoms with E-state index in [1.54, 1.807) is 42.2 Å². The summed E-state index contributed by atoms with van der Waals surface area (Å²) in [4.78, 5) is 20.0.